The average Bonchev–Trinajstić information content (AvgIpc) is 2.47. The summed E-state index contributed by atoms with van der Waals surface area (Å²) in [6, 6.07) is 8.74. The van der Waals surface area contributed by atoms with Crippen molar-refractivity contribution in [2.45, 2.75) is 12.5 Å². The first-order chi connectivity index (χ1) is 10.1. The Morgan fingerprint density at radius 2 is 2.19 bits per heavy atom. The Labute approximate surface area is 136 Å². The van der Waals surface area contributed by atoms with Crippen LogP contribution in [0.25, 0.3) is 0 Å². The summed E-state index contributed by atoms with van der Waals surface area (Å²) in [6.45, 7) is 0.360. The van der Waals surface area contributed by atoms with E-state index in [0.29, 0.717) is 23.6 Å². The van der Waals surface area contributed by atoms with Gasteiger partial charge in [-0.3, -0.25) is 9.78 Å². The number of aliphatic hydroxyl groups is 1. The molecule has 6 heteroatoms. The van der Waals surface area contributed by atoms with Crippen molar-refractivity contribution in [1.82, 2.24) is 10.3 Å². The Bertz CT molecular complexity index is 637. The number of benzene rings is 1. The van der Waals surface area contributed by atoms with Crippen LogP contribution in [-0.2, 0) is 0 Å². The number of carbonyl (C=O) groups is 1. The highest BCUT2D eigenvalue weighted by atomic mass is 79.9. The van der Waals surface area contributed by atoms with Gasteiger partial charge in [0.2, 0.25) is 0 Å². The van der Waals surface area contributed by atoms with Crippen LogP contribution in [0.4, 0.5) is 0 Å². The summed E-state index contributed by atoms with van der Waals surface area (Å²) < 4.78 is 0.745. The number of nitrogens with zero attached hydrogens (tertiary/aromatic N) is 1. The first-order valence-electron chi connectivity index (χ1n) is 6.38. The highest BCUT2D eigenvalue weighted by molar-refractivity contribution is 9.10. The monoisotopic (exact) mass is 368 g/mol. The van der Waals surface area contributed by atoms with Crippen molar-refractivity contribution < 1.29 is 9.90 Å². The first kappa shape index (κ1) is 15.9. The van der Waals surface area contributed by atoms with Gasteiger partial charge in [-0.1, -0.05) is 23.7 Å². The standard InChI is InChI=1S/C15H14BrClN2O2/c16-12-6-11(8-18-9-12)15(21)19-5-4-14(20)10-2-1-3-13(17)7-10/h1-3,6-9,14,20H,4-5H2,(H,19,21)/t14-/m0/s1. The van der Waals surface area contributed by atoms with E-state index in [-0.39, 0.29) is 5.91 Å². The Morgan fingerprint density at radius 3 is 2.90 bits per heavy atom. The largest absolute Gasteiger partial charge is 0.388 e. The second-order valence-corrected chi connectivity index (χ2v) is 5.86. The minimum absolute atomic E-state index is 0.220. The van der Waals surface area contributed by atoms with Crippen LogP contribution in [0.15, 0.2) is 47.2 Å². The van der Waals surface area contributed by atoms with E-state index >= 15 is 0 Å². The van der Waals surface area contributed by atoms with Gasteiger partial charge in [-0.05, 0) is 46.1 Å². The zero-order valence-electron chi connectivity index (χ0n) is 11.1. The number of aliphatic hydroxyl groups excluding tert-OH is 1. The molecule has 4 nitrogen and oxygen atoms in total. The van der Waals surface area contributed by atoms with E-state index in [1.54, 1.807) is 36.5 Å². The maximum Gasteiger partial charge on any atom is 0.252 e. The van der Waals surface area contributed by atoms with E-state index in [1.807, 2.05) is 0 Å². The smallest absolute Gasteiger partial charge is 0.252 e. The molecule has 1 aromatic heterocycles. The molecule has 0 spiro atoms. The molecule has 0 bridgehead atoms. The van der Waals surface area contributed by atoms with Gasteiger partial charge in [0.05, 0.1) is 11.7 Å². The van der Waals surface area contributed by atoms with Crippen LogP contribution >= 0.6 is 27.5 Å². The van der Waals surface area contributed by atoms with E-state index in [2.05, 4.69) is 26.2 Å². The molecule has 0 saturated carbocycles. The second kappa shape index (κ2) is 7.54. The molecule has 0 aliphatic heterocycles. The van der Waals surface area contributed by atoms with Crippen molar-refractivity contribution in [2.75, 3.05) is 6.54 Å². The lowest BCUT2D eigenvalue weighted by molar-refractivity contribution is 0.0942. The molecule has 0 unspecified atom stereocenters. The van der Waals surface area contributed by atoms with Crippen LogP contribution < -0.4 is 5.32 Å². The fourth-order valence-corrected chi connectivity index (χ4v) is 2.40. The fraction of sp³-hybridized carbons (Fsp3) is 0.200. The molecule has 0 aliphatic rings. The summed E-state index contributed by atoms with van der Waals surface area (Å²) in [6.07, 6.45) is 2.85. The van der Waals surface area contributed by atoms with Crippen LogP contribution in [0.1, 0.15) is 28.4 Å². The molecule has 1 heterocycles. The molecule has 0 fully saturated rings. The zero-order chi connectivity index (χ0) is 15.2. The number of pyridine rings is 1. The van der Waals surface area contributed by atoms with Crippen molar-refractivity contribution in [3.8, 4) is 0 Å². The lowest BCUT2D eigenvalue weighted by Crippen LogP contribution is -2.25. The van der Waals surface area contributed by atoms with E-state index in [1.165, 1.54) is 6.20 Å². The van der Waals surface area contributed by atoms with Gasteiger partial charge in [0.15, 0.2) is 0 Å². The van der Waals surface area contributed by atoms with E-state index in [4.69, 9.17) is 11.6 Å². The molecule has 0 saturated heterocycles. The molecule has 21 heavy (non-hydrogen) atoms. The minimum Gasteiger partial charge on any atom is -0.388 e. The lowest BCUT2D eigenvalue weighted by Gasteiger charge is -2.12. The summed E-state index contributed by atoms with van der Waals surface area (Å²) in [5.74, 6) is -0.220. The predicted molar refractivity (Wildman–Crippen MR) is 85.3 cm³/mol. The van der Waals surface area contributed by atoms with Crippen molar-refractivity contribution in [3.05, 3.63) is 63.3 Å². The van der Waals surface area contributed by atoms with Gasteiger partial charge in [0.25, 0.3) is 5.91 Å². The fourth-order valence-electron chi connectivity index (χ4n) is 1.84. The van der Waals surface area contributed by atoms with Gasteiger partial charge in [0, 0.05) is 28.4 Å². The molecule has 1 aromatic carbocycles. The predicted octanol–water partition coefficient (Wildman–Crippen LogP) is 3.35. The summed E-state index contributed by atoms with van der Waals surface area (Å²) in [5, 5.41) is 13.4. The molecular weight excluding hydrogens is 356 g/mol. The van der Waals surface area contributed by atoms with Crippen molar-refractivity contribution in [2.24, 2.45) is 0 Å². The topological polar surface area (TPSA) is 62.2 Å². The molecule has 2 N–H and O–H groups in total. The Hall–Kier alpha value is -1.43. The van der Waals surface area contributed by atoms with Crippen molar-refractivity contribution in [1.29, 1.82) is 0 Å². The van der Waals surface area contributed by atoms with Gasteiger partial charge < -0.3 is 10.4 Å². The highest BCUT2D eigenvalue weighted by Crippen LogP contribution is 2.19. The maximum atomic E-state index is 11.9. The number of hydrogen-bond donors (Lipinski definition) is 2. The van der Waals surface area contributed by atoms with Gasteiger partial charge >= 0.3 is 0 Å². The number of aromatic nitrogens is 1. The molecule has 2 aromatic rings. The zero-order valence-corrected chi connectivity index (χ0v) is 13.4. The quantitative estimate of drug-likeness (QED) is 0.849. The minimum atomic E-state index is -0.662. The third-order valence-corrected chi connectivity index (χ3v) is 3.57. The van der Waals surface area contributed by atoms with Gasteiger partial charge in [0.1, 0.15) is 0 Å². The van der Waals surface area contributed by atoms with Gasteiger partial charge in [-0.2, -0.15) is 0 Å². The maximum absolute atomic E-state index is 11.9. The van der Waals surface area contributed by atoms with Crippen LogP contribution in [0, 0.1) is 0 Å². The van der Waals surface area contributed by atoms with Crippen LogP contribution in [0.3, 0.4) is 0 Å². The summed E-state index contributed by atoms with van der Waals surface area (Å²) in [5.41, 5.74) is 1.21. The van der Waals surface area contributed by atoms with E-state index in [9.17, 15) is 9.90 Å². The number of rotatable bonds is 5. The lowest BCUT2D eigenvalue weighted by atomic mass is 10.1. The van der Waals surface area contributed by atoms with E-state index in [0.717, 1.165) is 10.0 Å². The number of halogens is 2. The van der Waals surface area contributed by atoms with Gasteiger partial charge in [-0.15, -0.1) is 0 Å². The number of nitrogens with one attached hydrogen (secondary N) is 1. The number of amides is 1. The molecule has 1 amide bonds. The van der Waals surface area contributed by atoms with Gasteiger partial charge in [-0.25, -0.2) is 0 Å². The molecule has 2 rings (SSSR count). The molecule has 0 aliphatic carbocycles. The van der Waals surface area contributed by atoms with Crippen LogP contribution in [0.5, 0.6) is 0 Å². The number of carbonyl (C=O) groups excluding carboxylic acids is 1. The molecule has 110 valence electrons. The highest BCUT2D eigenvalue weighted by Gasteiger charge is 2.10. The molecule has 1 atom stereocenters. The summed E-state index contributed by atoms with van der Waals surface area (Å²) in [4.78, 5) is 15.8. The third-order valence-electron chi connectivity index (χ3n) is 2.90. The van der Waals surface area contributed by atoms with Crippen molar-refractivity contribution in [3.63, 3.8) is 0 Å². The third kappa shape index (κ3) is 4.81. The average molecular weight is 370 g/mol. The van der Waals surface area contributed by atoms with Crippen LogP contribution in [-0.4, -0.2) is 22.5 Å². The van der Waals surface area contributed by atoms with Crippen molar-refractivity contribution >= 4 is 33.4 Å². The Balaban J connectivity index is 1.85. The van der Waals surface area contributed by atoms with E-state index < -0.39 is 6.10 Å². The second-order valence-electron chi connectivity index (χ2n) is 4.51. The normalized spacial score (nSPS) is 12.0. The molecular formula is C15H14BrClN2O2. The van der Waals surface area contributed by atoms with Crippen LogP contribution in [0.2, 0.25) is 5.02 Å². The summed E-state index contributed by atoms with van der Waals surface area (Å²) >= 11 is 9.14. The first-order valence-corrected chi connectivity index (χ1v) is 7.55. The Kier molecular flexibility index (Phi) is 5.73. The molecule has 0 radical (unpaired) electrons. The number of hydrogen-bond acceptors (Lipinski definition) is 3. The Morgan fingerprint density at radius 1 is 1.38 bits per heavy atom. The summed E-state index contributed by atoms with van der Waals surface area (Å²) in [7, 11) is 0. The SMILES string of the molecule is O=C(NCC[C@H](O)c1cccc(Cl)c1)c1cncc(Br)c1.